The van der Waals surface area contributed by atoms with E-state index < -0.39 is 0 Å². The van der Waals surface area contributed by atoms with E-state index in [0.717, 1.165) is 41.0 Å². The van der Waals surface area contributed by atoms with Gasteiger partial charge in [0, 0.05) is 30.3 Å². The molecule has 2 heterocycles. The lowest BCUT2D eigenvalue weighted by molar-refractivity contribution is 0.187. The summed E-state index contributed by atoms with van der Waals surface area (Å²) in [5.74, 6) is 2.09. The monoisotopic (exact) mass is 406 g/mol. The van der Waals surface area contributed by atoms with Crippen molar-refractivity contribution in [3.63, 3.8) is 0 Å². The Kier molecular flexibility index (Phi) is 5.70. The summed E-state index contributed by atoms with van der Waals surface area (Å²) >= 11 is 0. The molecule has 1 aliphatic rings. The van der Waals surface area contributed by atoms with Crippen LogP contribution in [0.3, 0.4) is 0 Å². The number of aromatic nitrogens is 2. The molecule has 2 aromatic carbocycles. The van der Waals surface area contributed by atoms with Crippen molar-refractivity contribution in [3.8, 4) is 17.1 Å². The van der Waals surface area contributed by atoms with Gasteiger partial charge in [-0.15, -0.1) is 0 Å². The molecule has 0 saturated carbocycles. The van der Waals surface area contributed by atoms with Crippen molar-refractivity contribution in [1.82, 2.24) is 15.0 Å². The predicted octanol–water partition coefficient (Wildman–Crippen LogP) is 4.77. The van der Waals surface area contributed by atoms with E-state index in [1.165, 1.54) is 0 Å². The molecule has 1 aromatic heterocycles. The molecule has 1 N–H and O–H groups in total. The van der Waals surface area contributed by atoms with Crippen LogP contribution in [0.4, 0.5) is 10.5 Å². The number of hydrogen-bond acceptors (Lipinski definition) is 5. The molecule has 156 valence electrons. The SMILES string of the molecule is COc1cccc(-c2noc(C3CCN(C(=O)Nc4cccc(C)c4C)CC3)n2)c1. The Labute approximate surface area is 176 Å². The highest BCUT2D eigenvalue weighted by Gasteiger charge is 2.28. The fourth-order valence-corrected chi connectivity index (χ4v) is 3.69. The van der Waals surface area contributed by atoms with E-state index in [0.29, 0.717) is 24.8 Å². The molecule has 4 rings (SSSR count). The van der Waals surface area contributed by atoms with Gasteiger partial charge in [-0.05, 0) is 56.0 Å². The van der Waals surface area contributed by atoms with Gasteiger partial charge in [0.15, 0.2) is 0 Å². The molecule has 0 unspecified atom stereocenters. The zero-order valence-electron chi connectivity index (χ0n) is 17.5. The number of nitrogens with zero attached hydrogens (tertiary/aromatic N) is 3. The van der Waals surface area contributed by atoms with Crippen molar-refractivity contribution in [1.29, 1.82) is 0 Å². The predicted molar refractivity (Wildman–Crippen MR) is 115 cm³/mol. The van der Waals surface area contributed by atoms with E-state index in [1.54, 1.807) is 7.11 Å². The summed E-state index contributed by atoms with van der Waals surface area (Å²) in [6.07, 6.45) is 1.58. The van der Waals surface area contributed by atoms with Crippen LogP contribution in [0.5, 0.6) is 5.75 Å². The number of likely N-dealkylation sites (tertiary alicyclic amines) is 1. The lowest BCUT2D eigenvalue weighted by Crippen LogP contribution is -2.40. The normalized spacial score (nSPS) is 14.6. The van der Waals surface area contributed by atoms with E-state index >= 15 is 0 Å². The van der Waals surface area contributed by atoms with Crippen LogP contribution >= 0.6 is 0 Å². The van der Waals surface area contributed by atoms with Gasteiger partial charge >= 0.3 is 6.03 Å². The van der Waals surface area contributed by atoms with Gasteiger partial charge in [-0.3, -0.25) is 0 Å². The number of carbonyl (C=O) groups excluding carboxylic acids is 1. The number of benzene rings is 2. The Morgan fingerprint density at radius 1 is 1.17 bits per heavy atom. The fourth-order valence-electron chi connectivity index (χ4n) is 3.69. The van der Waals surface area contributed by atoms with Gasteiger partial charge in [-0.2, -0.15) is 4.98 Å². The molecule has 0 spiro atoms. The maximum Gasteiger partial charge on any atom is 0.321 e. The molecule has 0 aliphatic carbocycles. The first kappa shape index (κ1) is 19.9. The Morgan fingerprint density at radius 2 is 1.93 bits per heavy atom. The molecule has 1 fully saturated rings. The number of aryl methyl sites for hydroxylation is 1. The molecule has 1 aliphatic heterocycles. The van der Waals surface area contributed by atoms with Crippen LogP contribution in [0.25, 0.3) is 11.4 Å². The molecule has 0 bridgehead atoms. The first-order chi connectivity index (χ1) is 14.5. The fraction of sp³-hybridized carbons (Fsp3) is 0.348. The third-order valence-electron chi connectivity index (χ3n) is 5.75. The van der Waals surface area contributed by atoms with Crippen LogP contribution in [-0.2, 0) is 0 Å². The third kappa shape index (κ3) is 4.15. The standard InChI is InChI=1S/C23H26N4O3/c1-15-6-4-9-20(16(15)2)24-23(28)27-12-10-17(11-13-27)22-25-21(26-30-22)18-7-5-8-19(14-18)29-3/h4-9,14,17H,10-13H2,1-3H3,(H,24,28). The first-order valence-electron chi connectivity index (χ1n) is 10.2. The number of anilines is 1. The van der Waals surface area contributed by atoms with Gasteiger partial charge in [0.25, 0.3) is 0 Å². The molecular formula is C23H26N4O3. The average Bonchev–Trinajstić information content (AvgIpc) is 3.27. The number of piperidine rings is 1. The molecule has 7 heteroatoms. The number of amides is 2. The molecule has 0 atom stereocenters. The van der Waals surface area contributed by atoms with E-state index in [1.807, 2.05) is 61.2 Å². The maximum atomic E-state index is 12.7. The van der Waals surface area contributed by atoms with Crippen molar-refractivity contribution in [2.45, 2.75) is 32.6 Å². The maximum absolute atomic E-state index is 12.7. The summed E-state index contributed by atoms with van der Waals surface area (Å²) in [4.78, 5) is 19.1. The smallest absolute Gasteiger partial charge is 0.321 e. The number of carbonyl (C=O) groups is 1. The summed E-state index contributed by atoms with van der Waals surface area (Å²) in [6, 6.07) is 13.5. The number of nitrogens with one attached hydrogen (secondary N) is 1. The summed E-state index contributed by atoms with van der Waals surface area (Å²) in [6.45, 7) is 5.36. The lowest BCUT2D eigenvalue weighted by Gasteiger charge is -2.30. The minimum absolute atomic E-state index is 0.0650. The largest absolute Gasteiger partial charge is 0.497 e. The molecule has 2 amide bonds. The van der Waals surface area contributed by atoms with Crippen LogP contribution in [0.1, 0.15) is 35.8 Å². The zero-order valence-corrected chi connectivity index (χ0v) is 17.5. The Morgan fingerprint density at radius 3 is 2.70 bits per heavy atom. The minimum Gasteiger partial charge on any atom is -0.497 e. The topological polar surface area (TPSA) is 80.5 Å². The van der Waals surface area contributed by atoms with Crippen LogP contribution < -0.4 is 10.1 Å². The second-order valence-electron chi connectivity index (χ2n) is 7.63. The highest BCUT2D eigenvalue weighted by Crippen LogP contribution is 2.30. The van der Waals surface area contributed by atoms with Crippen molar-refractivity contribution < 1.29 is 14.1 Å². The lowest BCUT2D eigenvalue weighted by atomic mass is 9.97. The second kappa shape index (κ2) is 8.57. The van der Waals surface area contributed by atoms with E-state index in [4.69, 9.17) is 9.26 Å². The first-order valence-corrected chi connectivity index (χ1v) is 10.2. The minimum atomic E-state index is -0.0650. The van der Waals surface area contributed by atoms with Crippen LogP contribution in [-0.4, -0.2) is 41.3 Å². The Bertz CT molecular complexity index is 1040. The van der Waals surface area contributed by atoms with E-state index in [9.17, 15) is 4.79 Å². The molecule has 0 radical (unpaired) electrons. The Balaban J connectivity index is 1.37. The van der Waals surface area contributed by atoms with Gasteiger partial charge < -0.3 is 19.5 Å². The van der Waals surface area contributed by atoms with Crippen molar-refractivity contribution in [3.05, 3.63) is 59.5 Å². The second-order valence-corrected chi connectivity index (χ2v) is 7.63. The van der Waals surface area contributed by atoms with Gasteiger partial charge in [-0.1, -0.05) is 29.4 Å². The van der Waals surface area contributed by atoms with E-state index in [-0.39, 0.29) is 11.9 Å². The highest BCUT2D eigenvalue weighted by atomic mass is 16.5. The van der Waals surface area contributed by atoms with Crippen LogP contribution in [0.15, 0.2) is 47.0 Å². The zero-order chi connectivity index (χ0) is 21.1. The number of methoxy groups -OCH3 is 1. The summed E-state index contributed by atoms with van der Waals surface area (Å²) < 4.78 is 10.8. The van der Waals surface area contributed by atoms with Gasteiger partial charge in [0.1, 0.15) is 5.75 Å². The molecular weight excluding hydrogens is 380 g/mol. The Hall–Kier alpha value is -3.35. The number of urea groups is 1. The molecule has 1 saturated heterocycles. The summed E-state index contributed by atoms with van der Waals surface area (Å²) in [5.41, 5.74) is 3.98. The van der Waals surface area contributed by atoms with Gasteiger partial charge in [0.05, 0.1) is 7.11 Å². The van der Waals surface area contributed by atoms with Crippen LogP contribution in [0.2, 0.25) is 0 Å². The average molecular weight is 406 g/mol. The van der Waals surface area contributed by atoms with Gasteiger partial charge in [0.2, 0.25) is 11.7 Å². The van der Waals surface area contributed by atoms with Crippen LogP contribution in [0, 0.1) is 13.8 Å². The van der Waals surface area contributed by atoms with Gasteiger partial charge in [-0.25, -0.2) is 4.79 Å². The number of ether oxygens (including phenoxy) is 1. The van der Waals surface area contributed by atoms with Crippen molar-refractivity contribution in [2.24, 2.45) is 0 Å². The highest BCUT2D eigenvalue weighted by molar-refractivity contribution is 5.90. The number of rotatable bonds is 4. The summed E-state index contributed by atoms with van der Waals surface area (Å²) in [5, 5.41) is 7.17. The third-order valence-corrected chi connectivity index (χ3v) is 5.75. The molecule has 30 heavy (non-hydrogen) atoms. The van der Waals surface area contributed by atoms with Crippen molar-refractivity contribution in [2.75, 3.05) is 25.5 Å². The van der Waals surface area contributed by atoms with E-state index in [2.05, 4.69) is 15.5 Å². The summed E-state index contributed by atoms with van der Waals surface area (Å²) in [7, 11) is 1.63. The quantitative estimate of drug-likeness (QED) is 0.675. The number of hydrogen-bond donors (Lipinski definition) is 1. The molecule has 3 aromatic rings. The van der Waals surface area contributed by atoms with Crippen molar-refractivity contribution >= 4 is 11.7 Å². The molecule has 7 nitrogen and oxygen atoms in total.